The summed E-state index contributed by atoms with van der Waals surface area (Å²) in [7, 11) is 0. The Morgan fingerprint density at radius 3 is 0.880 bits per heavy atom. The summed E-state index contributed by atoms with van der Waals surface area (Å²) in [4.78, 5) is 23.9. The van der Waals surface area contributed by atoms with Crippen LogP contribution in [0.25, 0.3) is 22.3 Å². The second kappa shape index (κ2) is 20.2. The van der Waals surface area contributed by atoms with Crippen molar-refractivity contribution in [3.8, 4) is 22.3 Å². The molecule has 388 valence electrons. The molecule has 0 aromatic heterocycles. The Hall–Kier alpha value is -7.14. The maximum Gasteiger partial charge on any atom is 0.201 e. The fourth-order valence-electron chi connectivity index (χ4n) is 8.70. The van der Waals surface area contributed by atoms with Gasteiger partial charge in [-0.15, -0.1) is 0 Å². The van der Waals surface area contributed by atoms with Crippen LogP contribution in [0.4, 0.5) is 79.0 Å². The second-order valence-corrected chi connectivity index (χ2v) is 18.8. The van der Waals surface area contributed by atoms with Gasteiger partial charge in [0, 0.05) is 23.6 Å². The normalized spacial score (nSPS) is 20.1. The summed E-state index contributed by atoms with van der Waals surface area (Å²) in [6, 6.07) is 17.0. The van der Waals surface area contributed by atoms with Crippen molar-refractivity contribution in [2.45, 2.75) is 46.8 Å². The molecule has 0 saturated heterocycles. The lowest BCUT2D eigenvalue weighted by atomic mass is 9.66. The third-order valence-corrected chi connectivity index (χ3v) is 13.7. The van der Waals surface area contributed by atoms with Crippen LogP contribution in [0.1, 0.15) is 36.1 Å². The molecule has 0 bridgehead atoms. The molecule has 4 atom stereocenters. The predicted molar refractivity (Wildman–Crippen MR) is 236 cm³/mol. The summed E-state index contributed by atoms with van der Waals surface area (Å²) in [5, 5.41) is -0.622. The molecular formula is C52H24F18O3S2. The number of ether oxygens (including phenoxy) is 1. The van der Waals surface area contributed by atoms with Crippen molar-refractivity contribution in [1.29, 1.82) is 0 Å². The van der Waals surface area contributed by atoms with Gasteiger partial charge in [0.2, 0.25) is 34.8 Å². The van der Waals surface area contributed by atoms with Crippen molar-refractivity contribution in [2.75, 3.05) is 0 Å². The summed E-state index contributed by atoms with van der Waals surface area (Å²) < 4.78 is 290. The number of allylic oxidation sites excluding steroid dienone is 6. The lowest BCUT2D eigenvalue weighted by molar-refractivity contribution is -0.109. The van der Waals surface area contributed by atoms with Gasteiger partial charge in [0.25, 0.3) is 0 Å². The molecule has 0 radical (unpaired) electrons. The van der Waals surface area contributed by atoms with Crippen LogP contribution in [0.2, 0.25) is 0 Å². The number of hydrogen-bond acceptors (Lipinski definition) is 5. The molecule has 6 aromatic carbocycles. The highest BCUT2D eigenvalue weighted by Gasteiger charge is 2.62. The maximum absolute atomic E-state index is 17.1. The van der Waals surface area contributed by atoms with Gasteiger partial charge >= 0.3 is 0 Å². The zero-order chi connectivity index (χ0) is 54.9. The monoisotopic (exact) mass is 1100 g/mol. The fourth-order valence-corrected chi connectivity index (χ4v) is 9.91. The first-order valence-corrected chi connectivity index (χ1v) is 22.7. The maximum atomic E-state index is 17.1. The molecule has 23 heteroatoms. The molecule has 75 heavy (non-hydrogen) atoms. The molecular weight excluding hydrogens is 1080 g/mol. The van der Waals surface area contributed by atoms with Crippen LogP contribution >= 0.6 is 23.5 Å². The van der Waals surface area contributed by atoms with Gasteiger partial charge in [0.05, 0.1) is 11.1 Å². The fraction of sp³-hybridized carbons (Fsp3) is 0.115. The average molecular weight is 1100 g/mol. The van der Waals surface area contributed by atoms with Crippen LogP contribution in [0.15, 0.2) is 153 Å². The molecule has 0 heterocycles. The van der Waals surface area contributed by atoms with Crippen molar-refractivity contribution in [3.05, 3.63) is 224 Å². The molecule has 0 fully saturated rings. The molecule has 0 N–H and O–H groups in total. The number of rotatable bonds is 10. The SMILES string of the molecule is CC(=O)Sc1ccc(-c2ccc(C3(c4c(F)c(F)c(F)c(F)c4F)C(F)=C(F)C(OC4=C(F)C(F)C(c5ccc(-c6ccc(SC(C)=O)cc6)cc5)(c5c(F)c(F)c(F)c(F)c5F)C(F)=C4F)=C(F)C3F)cc2)cc1. The second-order valence-electron chi connectivity index (χ2n) is 16.3. The first-order chi connectivity index (χ1) is 35.3. The van der Waals surface area contributed by atoms with Gasteiger partial charge in [0.1, 0.15) is 10.8 Å². The van der Waals surface area contributed by atoms with Gasteiger partial charge in [-0.25, -0.2) is 70.2 Å². The van der Waals surface area contributed by atoms with E-state index in [4.69, 9.17) is 0 Å². The topological polar surface area (TPSA) is 43.4 Å². The Morgan fingerprint density at radius 1 is 0.387 bits per heavy atom. The van der Waals surface area contributed by atoms with Crippen LogP contribution in [-0.2, 0) is 25.2 Å². The van der Waals surface area contributed by atoms with Gasteiger partial charge < -0.3 is 4.74 Å². The number of thioether (sulfide) groups is 2. The van der Waals surface area contributed by atoms with Crippen LogP contribution in [0.5, 0.6) is 0 Å². The minimum atomic E-state index is -4.48. The Bertz CT molecular complexity index is 3220. The number of carbonyl (C=O) groups is 2. The highest BCUT2D eigenvalue weighted by molar-refractivity contribution is 8.13. The third kappa shape index (κ3) is 8.60. The first kappa shape index (κ1) is 54.1. The van der Waals surface area contributed by atoms with Gasteiger partial charge in [-0.05, 0) is 57.6 Å². The summed E-state index contributed by atoms with van der Waals surface area (Å²) in [5.74, 6) is -53.6. The number of hydrogen-bond donors (Lipinski definition) is 0. The van der Waals surface area contributed by atoms with Crippen molar-refractivity contribution >= 4 is 33.8 Å². The summed E-state index contributed by atoms with van der Waals surface area (Å²) in [5.41, 5.74) is -16.2. The first-order valence-electron chi connectivity index (χ1n) is 21.0. The van der Waals surface area contributed by atoms with Crippen LogP contribution < -0.4 is 0 Å². The van der Waals surface area contributed by atoms with E-state index in [1.807, 2.05) is 0 Å². The molecule has 2 aliphatic rings. The van der Waals surface area contributed by atoms with E-state index in [1.54, 1.807) is 0 Å². The third-order valence-electron chi connectivity index (χ3n) is 12.1. The van der Waals surface area contributed by atoms with E-state index in [0.717, 1.165) is 47.8 Å². The van der Waals surface area contributed by atoms with Gasteiger partial charge in [-0.3, -0.25) is 9.59 Å². The Morgan fingerprint density at radius 2 is 0.627 bits per heavy atom. The number of alkyl halides is 2. The number of halogens is 18. The van der Waals surface area contributed by atoms with Crippen LogP contribution in [0, 0.1) is 58.2 Å². The van der Waals surface area contributed by atoms with E-state index in [0.29, 0.717) is 34.1 Å². The Labute approximate surface area is 418 Å². The Balaban J connectivity index is 1.28. The zero-order valence-electron chi connectivity index (χ0n) is 37.2. The summed E-state index contributed by atoms with van der Waals surface area (Å²) in [6.45, 7) is 2.52. The molecule has 3 nitrogen and oxygen atoms in total. The standard InChI is InChI=1S/C52H24F18O3S2/c1-19(71)74-27-15-7-23(8-16-27)21-3-11-25(12-4-21)51(29-31(53)35(57)39(61)36(58)32(29)54)47(67)41(63)45(42(64)48(51)68)73-46-43(65)49(69)52(50(70)44(46)66,30-33(55)37(59)40(62)38(60)34(30)56)26-13-5-22(6-14-26)24-9-17-28(18-10-24)75-20(2)72/h3-18,47,49H,1-2H3. The largest absolute Gasteiger partial charge is 0.445 e. The van der Waals surface area contributed by atoms with Gasteiger partial charge in [-0.2, -0.15) is 8.78 Å². The molecule has 6 aromatic rings. The van der Waals surface area contributed by atoms with E-state index >= 15 is 52.7 Å². The van der Waals surface area contributed by atoms with Crippen LogP contribution in [-0.4, -0.2) is 22.6 Å². The number of carbonyl (C=O) groups excluding carboxylic acids is 2. The quantitative estimate of drug-likeness (QED) is 0.0592. The van der Waals surface area contributed by atoms with Crippen LogP contribution in [0.3, 0.4) is 0 Å². The molecule has 0 saturated carbocycles. The van der Waals surface area contributed by atoms with Gasteiger partial charge in [0.15, 0.2) is 92.4 Å². The van der Waals surface area contributed by atoms with E-state index in [-0.39, 0.29) is 32.5 Å². The minimum absolute atomic E-state index is 0.0560. The molecule has 0 spiro atoms. The molecule has 0 aliphatic heterocycles. The van der Waals surface area contributed by atoms with E-state index < -0.39 is 150 Å². The summed E-state index contributed by atoms with van der Waals surface area (Å²) in [6.07, 6.45) is -8.65. The average Bonchev–Trinajstić information content (AvgIpc) is 3.39. The lowest BCUT2D eigenvalue weighted by Crippen LogP contribution is -2.46. The molecule has 2 aliphatic carbocycles. The minimum Gasteiger partial charge on any atom is -0.445 e. The van der Waals surface area contributed by atoms with Crippen molar-refractivity contribution in [3.63, 3.8) is 0 Å². The molecule has 0 amide bonds. The highest BCUT2D eigenvalue weighted by Crippen LogP contribution is 2.59. The van der Waals surface area contributed by atoms with Gasteiger partial charge in [-0.1, -0.05) is 96.3 Å². The highest BCUT2D eigenvalue weighted by atomic mass is 32.2. The lowest BCUT2D eigenvalue weighted by Gasteiger charge is -2.40. The van der Waals surface area contributed by atoms with E-state index in [2.05, 4.69) is 4.74 Å². The predicted octanol–water partition coefficient (Wildman–Crippen LogP) is 16.3. The van der Waals surface area contributed by atoms with Crippen molar-refractivity contribution < 1.29 is 93.4 Å². The van der Waals surface area contributed by atoms with Crippen molar-refractivity contribution in [2.24, 2.45) is 0 Å². The molecule has 4 unspecified atom stereocenters. The van der Waals surface area contributed by atoms with E-state index in [1.165, 1.54) is 62.4 Å². The molecule has 8 rings (SSSR count). The smallest absolute Gasteiger partial charge is 0.201 e. The van der Waals surface area contributed by atoms with E-state index in [9.17, 15) is 35.9 Å². The van der Waals surface area contributed by atoms with Crippen molar-refractivity contribution in [1.82, 2.24) is 0 Å². The number of benzene rings is 6. The summed E-state index contributed by atoms with van der Waals surface area (Å²) >= 11 is 1.63. The zero-order valence-corrected chi connectivity index (χ0v) is 38.9. The Kier molecular flexibility index (Phi) is 14.6.